The van der Waals surface area contributed by atoms with E-state index in [-0.39, 0.29) is 17.7 Å². The molecule has 1 aliphatic carbocycles. The standard InChI is InChI=1S/C30H37N5O2/c1-19-4-6-23(7-5-19)28(34-29(36)26-13-12-25-18-31-16-17-35(25)26)30(37)33-24-10-8-22(9-11-24)27-20(2)14-15-32-21(27)3/h8-15,19,23,28,31H,4-7,16-18H2,1-3H3,(H,33,37)(H,34,36). The fourth-order valence-electron chi connectivity index (χ4n) is 5.84. The lowest BCUT2D eigenvalue weighted by molar-refractivity contribution is -0.119. The van der Waals surface area contributed by atoms with Crippen molar-refractivity contribution in [2.24, 2.45) is 11.8 Å². The summed E-state index contributed by atoms with van der Waals surface area (Å²) >= 11 is 0. The number of carbonyl (C=O) groups excluding carboxylic acids is 2. The highest BCUT2D eigenvalue weighted by atomic mass is 16.2. The number of aromatic nitrogens is 2. The molecule has 0 saturated heterocycles. The summed E-state index contributed by atoms with van der Waals surface area (Å²) in [6.45, 7) is 8.70. The van der Waals surface area contributed by atoms with Gasteiger partial charge < -0.3 is 20.5 Å². The third kappa shape index (κ3) is 5.47. The maximum Gasteiger partial charge on any atom is 0.268 e. The van der Waals surface area contributed by atoms with Gasteiger partial charge in [-0.25, -0.2) is 0 Å². The van der Waals surface area contributed by atoms with Crippen LogP contribution in [0.25, 0.3) is 11.1 Å². The molecule has 5 rings (SSSR count). The van der Waals surface area contributed by atoms with Crippen LogP contribution in [-0.4, -0.2) is 34.0 Å². The number of fused-ring (bicyclic) bond motifs is 1. The predicted octanol–water partition coefficient (Wildman–Crippen LogP) is 4.83. The van der Waals surface area contributed by atoms with Gasteiger partial charge >= 0.3 is 0 Å². The fourth-order valence-corrected chi connectivity index (χ4v) is 5.84. The number of nitrogens with zero attached hydrogens (tertiary/aromatic N) is 2. The Labute approximate surface area is 219 Å². The molecule has 1 aromatic carbocycles. The zero-order valence-electron chi connectivity index (χ0n) is 22.0. The lowest BCUT2D eigenvalue weighted by Crippen LogP contribution is -2.50. The van der Waals surface area contributed by atoms with E-state index in [1.807, 2.05) is 55.6 Å². The second kappa shape index (κ2) is 10.9. The molecular weight excluding hydrogens is 462 g/mol. The van der Waals surface area contributed by atoms with E-state index >= 15 is 0 Å². The summed E-state index contributed by atoms with van der Waals surface area (Å²) in [6.07, 6.45) is 5.86. The van der Waals surface area contributed by atoms with Crippen LogP contribution in [0.3, 0.4) is 0 Å². The normalized spacial score (nSPS) is 20.1. The molecule has 3 aromatic rings. The largest absolute Gasteiger partial charge is 0.339 e. The van der Waals surface area contributed by atoms with Crippen molar-refractivity contribution in [2.45, 2.75) is 65.6 Å². The van der Waals surface area contributed by atoms with Gasteiger partial charge in [0.05, 0.1) is 0 Å². The van der Waals surface area contributed by atoms with Gasteiger partial charge in [0.15, 0.2) is 0 Å². The SMILES string of the molecule is Cc1ccnc(C)c1-c1ccc(NC(=O)C(NC(=O)c2ccc3n2CCNC3)C2CCC(C)CC2)cc1. The summed E-state index contributed by atoms with van der Waals surface area (Å²) in [6, 6.07) is 13.2. The van der Waals surface area contributed by atoms with Crippen LogP contribution in [0, 0.1) is 25.7 Å². The van der Waals surface area contributed by atoms with Crippen molar-refractivity contribution in [1.29, 1.82) is 0 Å². The van der Waals surface area contributed by atoms with Gasteiger partial charge in [0.25, 0.3) is 5.91 Å². The molecule has 7 nitrogen and oxygen atoms in total. The van der Waals surface area contributed by atoms with Gasteiger partial charge in [-0.2, -0.15) is 0 Å². The smallest absolute Gasteiger partial charge is 0.268 e. The van der Waals surface area contributed by atoms with Gasteiger partial charge in [-0.15, -0.1) is 0 Å². The minimum absolute atomic E-state index is 0.123. The second-order valence-corrected chi connectivity index (χ2v) is 10.7. The third-order valence-corrected chi connectivity index (χ3v) is 8.01. The number of anilines is 1. The summed E-state index contributed by atoms with van der Waals surface area (Å²) in [5.41, 5.74) is 6.79. The molecule has 3 heterocycles. The highest BCUT2D eigenvalue weighted by molar-refractivity contribution is 6.01. The summed E-state index contributed by atoms with van der Waals surface area (Å²) in [5, 5.41) is 9.55. The topological polar surface area (TPSA) is 88.1 Å². The molecule has 1 fully saturated rings. The Morgan fingerprint density at radius 3 is 2.51 bits per heavy atom. The van der Waals surface area contributed by atoms with Crippen LogP contribution >= 0.6 is 0 Å². The number of hydrogen-bond donors (Lipinski definition) is 3. The summed E-state index contributed by atoms with van der Waals surface area (Å²) in [5.74, 6) is 0.455. The molecule has 1 atom stereocenters. The molecule has 2 aromatic heterocycles. The fraction of sp³-hybridized carbons (Fsp3) is 0.433. The number of aryl methyl sites for hydroxylation is 2. The quantitative estimate of drug-likeness (QED) is 0.453. The molecular formula is C30H37N5O2. The van der Waals surface area contributed by atoms with E-state index in [2.05, 4.69) is 39.3 Å². The number of nitrogens with one attached hydrogen (secondary N) is 3. The van der Waals surface area contributed by atoms with Crippen molar-refractivity contribution in [3.63, 3.8) is 0 Å². The van der Waals surface area contributed by atoms with Crippen LogP contribution in [0.15, 0.2) is 48.7 Å². The number of hydrogen-bond acceptors (Lipinski definition) is 4. The minimum Gasteiger partial charge on any atom is -0.339 e. The molecule has 1 unspecified atom stereocenters. The van der Waals surface area contributed by atoms with Crippen LogP contribution in [0.4, 0.5) is 5.69 Å². The van der Waals surface area contributed by atoms with Crippen molar-refractivity contribution in [2.75, 3.05) is 11.9 Å². The van der Waals surface area contributed by atoms with Crippen molar-refractivity contribution >= 4 is 17.5 Å². The lowest BCUT2D eigenvalue weighted by Gasteiger charge is -2.32. The van der Waals surface area contributed by atoms with Gasteiger partial charge in [0.1, 0.15) is 11.7 Å². The van der Waals surface area contributed by atoms with E-state index in [0.717, 1.165) is 73.5 Å². The number of pyridine rings is 1. The predicted molar refractivity (Wildman–Crippen MR) is 146 cm³/mol. The van der Waals surface area contributed by atoms with Gasteiger partial charge in [-0.05, 0) is 80.0 Å². The highest BCUT2D eigenvalue weighted by Gasteiger charge is 2.33. The molecule has 37 heavy (non-hydrogen) atoms. The van der Waals surface area contributed by atoms with Crippen molar-refractivity contribution in [3.05, 3.63) is 71.3 Å². The van der Waals surface area contributed by atoms with Crippen LogP contribution in [0.1, 0.15) is 60.0 Å². The number of benzene rings is 1. The summed E-state index contributed by atoms with van der Waals surface area (Å²) < 4.78 is 2.06. The van der Waals surface area contributed by atoms with Gasteiger partial charge in [0, 0.05) is 48.5 Å². The van der Waals surface area contributed by atoms with Crippen LogP contribution in [-0.2, 0) is 17.9 Å². The monoisotopic (exact) mass is 499 g/mol. The lowest BCUT2D eigenvalue weighted by atomic mass is 9.79. The number of rotatable bonds is 6. The molecule has 0 spiro atoms. The summed E-state index contributed by atoms with van der Waals surface area (Å²) in [7, 11) is 0. The molecule has 1 aliphatic heterocycles. The zero-order chi connectivity index (χ0) is 25.9. The second-order valence-electron chi connectivity index (χ2n) is 10.7. The first-order valence-corrected chi connectivity index (χ1v) is 13.4. The van der Waals surface area contributed by atoms with Crippen molar-refractivity contribution in [1.82, 2.24) is 20.2 Å². The Balaban J connectivity index is 1.34. The van der Waals surface area contributed by atoms with E-state index in [9.17, 15) is 9.59 Å². The average molecular weight is 500 g/mol. The van der Waals surface area contributed by atoms with E-state index in [0.29, 0.717) is 11.6 Å². The van der Waals surface area contributed by atoms with Crippen LogP contribution in [0.5, 0.6) is 0 Å². The Morgan fingerprint density at radius 1 is 1.03 bits per heavy atom. The van der Waals surface area contributed by atoms with Gasteiger partial charge in [-0.3, -0.25) is 14.6 Å². The highest BCUT2D eigenvalue weighted by Crippen LogP contribution is 2.32. The molecule has 0 radical (unpaired) electrons. The maximum atomic E-state index is 13.6. The molecule has 3 N–H and O–H groups in total. The van der Waals surface area contributed by atoms with Crippen LogP contribution < -0.4 is 16.0 Å². The molecule has 194 valence electrons. The molecule has 1 saturated carbocycles. The Hall–Kier alpha value is -3.45. The van der Waals surface area contributed by atoms with Gasteiger partial charge in [0.2, 0.25) is 5.91 Å². The Morgan fingerprint density at radius 2 is 1.78 bits per heavy atom. The first-order valence-electron chi connectivity index (χ1n) is 13.4. The number of amides is 2. The Kier molecular flexibility index (Phi) is 7.42. The van der Waals surface area contributed by atoms with E-state index < -0.39 is 6.04 Å². The summed E-state index contributed by atoms with van der Waals surface area (Å²) in [4.78, 5) is 31.4. The first-order chi connectivity index (χ1) is 17.9. The van der Waals surface area contributed by atoms with E-state index in [1.54, 1.807) is 0 Å². The molecule has 2 aliphatic rings. The molecule has 0 bridgehead atoms. The van der Waals surface area contributed by atoms with Gasteiger partial charge in [-0.1, -0.05) is 31.9 Å². The molecule has 2 amide bonds. The van der Waals surface area contributed by atoms with Crippen LogP contribution in [0.2, 0.25) is 0 Å². The minimum atomic E-state index is -0.574. The number of carbonyl (C=O) groups is 2. The Bertz CT molecular complexity index is 1250. The van der Waals surface area contributed by atoms with E-state index in [4.69, 9.17) is 0 Å². The average Bonchev–Trinajstić information content (AvgIpc) is 3.33. The first kappa shape index (κ1) is 25.2. The third-order valence-electron chi connectivity index (χ3n) is 8.01. The maximum absolute atomic E-state index is 13.6. The zero-order valence-corrected chi connectivity index (χ0v) is 22.0. The van der Waals surface area contributed by atoms with E-state index in [1.165, 1.54) is 5.56 Å². The van der Waals surface area contributed by atoms with Crippen molar-refractivity contribution < 1.29 is 9.59 Å². The molecule has 7 heteroatoms. The van der Waals surface area contributed by atoms with Crippen molar-refractivity contribution in [3.8, 4) is 11.1 Å².